The van der Waals surface area contributed by atoms with Crippen LogP contribution in [0, 0.1) is 12.8 Å². The first-order chi connectivity index (χ1) is 12.5. The summed E-state index contributed by atoms with van der Waals surface area (Å²) >= 11 is 0. The minimum Gasteiger partial charge on any atom is -0.487 e. The fourth-order valence-corrected chi connectivity index (χ4v) is 3.05. The predicted octanol–water partition coefficient (Wildman–Crippen LogP) is 2.91. The van der Waals surface area contributed by atoms with Crippen LogP contribution < -0.4 is 4.74 Å². The van der Waals surface area contributed by atoms with Crippen LogP contribution in [0.15, 0.2) is 42.6 Å². The molecule has 1 N–H and O–H groups in total. The van der Waals surface area contributed by atoms with Gasteiger partial charge >= 0.3 is 5.97 Å². The normalized spacial score (nSPS) is 17.0. The number of hydrogen-bond donors (Lipinski definition) is 1. The van der Waals surface area contributed by atoms with Gasteiger partial charge < -0.3 is 14.7 Å². The quantitative estimate of drug-likeness (QED) is 0.893. The number of carboxylic acid groups (broad SMARTS) is 1. The number of piperidine rings is 1. The van der Waals surface area contributed by atoms with Crippen molar-refractivity contribution >= 4 is 11.9 Å². The van der Waals surface area contributed by atoms with E-state index in [0.717, 1.165) is 11.3 Å². The van der Waals surface area contributed by atoms with Crippen molar-refractivity contribution in [3.8, 4) is 5.75 Å². The fourth-order valence-electron chi connectivity index (χ4n) is 3.05. The van der Waals surface area contributed by atoms with Gasteiger partial charge in [0.1, 0.15) is 12.4 Å². The van der Waals surface area contributed by atoms with Gasteiger partial charge in [-0.15, -0.1) is 0 Å². The molecule has 1 atom stereocenters. The maximum absolute atomic E-state index is 12.7. The Bertz CT molecular complexity index is 789. The Labute approximate surface area is 152 Å². The summed E-state index contributed by atoms with van der Waals surface area (Å²) in [7, 11) is 0. The topological polar surface area (TPSA) is 79.7 Å². The third-order valence-corrected chi connectivity index (χ3v) is 4.52. The van der Waals surface area contributed by atoms with Gasteiger partial charge in [-0.1, -0.05) is 12.1 Å². The second-order valence-corrected chi connectivity index (χ2v) is 6.55. The Hall–Kier alpha value is -2.89. The molecule has 1 aromatic heterocycles. The lowest BCUT2D eigenvalue weighted by atomic mass is 9.97. The monoisotopic (exact) mass is 354 g/mol. The van der Waals surface area contributed by atoms with Crippen molar-refractivity contribution in [2.75, 3.05) is 13.1 Å². The van der Waals surface area contributed by atoms with Gasteiger partial charge in [0.15, 0.2) is 0 Å². The number of carboxylic acids is 1. The number of rotatable bonds is 5. The number of aryl methyl sites for hydroxylation is 1. The zero-order valence-corrected chi connectivity index (χ0v) is 14.7. The third kappa shape index (κ3) is 4.39. The van der Waals surface area contributed by atoms with E-state index in [2.05, 4.69) is 4.98 Å². The lowest BCUT2D eigenvalue weighted by Crippen LogP contribution is -2.42. The molecule has 0 saturated carbocycles. The number of carbonyl (C=O) groups is 2. The van der Waals surface area contributed by atoms with Gasteiger partial charge in [0.05, 0.1) is 12.1 Å². The Kier molecular flexibility index (Phi) is 5.51. The van der Waals surface area contributed by atoms with Crippen molar-refractivity contribution in [1.82, 2.24) is 9.88 Å². The standard InChI is InChI=1S/C20H22N2O4/c1-14-7-8-18(11-21-14)26-13-15-4-2-5-16(10-15)19(23)22-9-3-6-17(12-22)20(24)25/h2,4-5,7-8,10-11,17H,3,6,9,12-13H2,1H3,(H,24,25). The lowest BCUT2D eigenvalue weighted by molar-refractivity contribution is -0.143. The number of ether oxygens (including phenoxy) is 1. The molecule has 2 heterocycles. The van der Waals surface area contributed by atoms with Crippen molar-refractivity contribution in [2.24, 2.45) is 5.92 Å². The van der Waals surface area contributed by atoms with E-state index in [9.17, 15) is 14.7 Å². The minimum absolute atomic E-state index is 0.130. The molecule has 3 rings (SSSR count). The molecule has 0 aliphatic carbocycles. The Morgan fingerprint density at radius 3 is 2.88 bits per heavy atom. The first-order valence-electron chi connectivity index (χ1n) is 8.69. The van der Waals surface area contributed by atoms with E-state index in [4.69, 9.17) is 4.74 Å². The molecule has 1 aliphatic heterocycles. The summed E-state index contributed by atoms with van der Waals surface area (Å²) in [4.78, 5) is 29.7. The van der Waals surface area contributed by atoms with Gasteiger partial charge in [-0.2, -0.15) is 0 Å². The first-order valence-corrected chi connectivity index (χ1v) is 8.69. The van der Waals surface area contributed by atoms with Crippen LogP contribution in [-0.2, 0) is 11.4 Å². The van der Waals surface area contributed by atoms with Crippen molar-refractivity contribution in [3.63, 3.8) is 0 Å². The number of carbonyl (C=O) groups excluding carboxylic acids is 1. The van der Waals surface area contributed by atoms with Gasteiger partial charge in [0.2, 0.25) is 0 Å². The van der Waals surface area contributed by atoms with Crippen molar-refractivity contribution in [1.29, 1.82) is 0 Å². The second kappa shape index (κ2) is 7.99. The van der Waals surface area contributed by atoms with E-state index < -0.39 is 11.9 Å². The van der Waals surface area contributed by atoms with Gasteiger partial charge in [0.25, 0.3) is 5.91 Å². The number of aliphatic carboxylic acids is 1. The molecule has 1 aromatic carbocycles. The van der Waals surface area contributed by atoms with Crippen LogP contribution in [0.4, 0.5) is 0 Å². The van der Waals surface area contributed by atoms with Crippen molar-refractivity contribution in [3.05, 3.63) is 59.4 Å². The number of benzene rings is 1. The van der Waals surface area contributed by atoms with Crippen LogP contribution in [0.25, 0.3) is 0 Å². The fraction of sp³-hybridized carbons (Fsp3) is 0.350. The second-order valence-electron chi connectivity index (χ2n) is 6.55. The largest absolute Gasteiger partial charge is 0.487 e. The van der Waals surface area contributed by atoms with E-state index in [1.54, 1.807) is 23.2 Å². The van der Waals surface area contributed by atoms with Crippen molar-refractivity contribution in [2.45, 2.75) is 26.4 Å². The molecule has 136 valence electrons. The van der Waals surface area contributed by atoms with Gasteiger partial charge in [-0.25, -0.2) is 0 Å². The molecular weight excluding hydrogens is 332 g/mol. The average Bonchev–Trinajstić information content (AvgIpc) is 2.67. The molecule has 1 aliphatic rings. The van der Waals surface area contributed by atoms with E-state index in [0.29, 0.717) is 37.3 Å². The predicted molar refractivity (Wildman–Crippen MR) is 96.0 cm³/mol. The molecule has 2 aromatic rings. The Morgan fingerprint density at radius 2 is 2.15 bits per heavy atom. The minimum atomic E-state index is -0.837. The summed E-state index contributed by atoms with van der Waals surface area (Å²) in [6.07, 6.45) is 3.01. The van der Waals surface area contributed by atoms with Gasteiger partial charge in [-0.05, 0) is 49.6 Å². The highest BCUT2D eigenvalue weighted by Gasteiger charge is 2.28. The Morgan fingerprint density at radius 1 is 1.31 bits per heavy atom. The summed E-state index contributed by atoms with van der Waals surface area (Å²) in [5, 5.41) is 9.19. The lowest BCUT2D eigenvalue weighted by Gasteiger charge is -2.30. The molecule has 0 bridgehead atoms. The van der Waals surface area contributed by atoms with Crippen LogP contribution in [-0.4, -0.2) is 40.0 Å². The van der Waals surface area contributed by atoms with Crippen LogP contribution >= 0.6 is 0 Å². The van der Waals surface area contributed by atoms with Gasteiger partial charge in [0, 0.05) is 24.3 Å². The van der Waals surface area contributed by atoms with E-state index >= 15 is 0 Å². The summed E-state index contributed by atoms with van der Waals surface area (Å²) in [6, 6.07) is 11.0. The van der Waals surface area contributed by atoms with Crippen LogP contribution in [0.1, 0.15) is 34.5 Å². The average molecular weight is 354 g/mol. The molecule has 0 radical (unpaired) electrons. The van der Waals surface area contributed by atoms with Crippen molar-refractivity contribution < 1.29 is 19.4 Å². The molecule has 6 nitrogen and oxygen atoms in total. The third-order valence-electron chi connectivity index (χ3n) is 4.52. The zero-order chi connectivity index (χ0) is 18.5. The summed E-state index contributed by atoms with van der Waals surface area (Å²) in [5.41, 5.74) is 2.36. The summed E-state index contributed by atoms with van der Waals surface area (Å²) in [6.45, 7) is 3.11. The molecule has 0 spiro atoms. The number of amides is 1. The number of likely N-dealkylation sites (tertiary alicyclic amines) is 1. The van der Waals surface area contributed by atoms with E-state index in [1.165, 1.54) is 0 Å². The van der Waals surface area contributed by atoms with Crippen LogP contribution in [0.3, 0.4) is 0 Å². The maximum atomic E-state index is 12.7. The maximum Gasteiger partial charge on any atom is 0.308 e. The highest BCUT2D eigenvalue weighted by molar-refractivity contribution is 5.94. The van der Waals surface area contributed by atoms with Crippen LogP contribution in [0.5, 0.6) is 5.75 Å². The molecule has 1 saturated heterocycles. The molecule has 6 heteroatoms. The highest BCUT2D eigenvalue weighted by Crippen LogP contribution is 2.20. The molecular formula is C20H22N2O4. The Balaban J connectivity index is 1.65. The van der Waals surface area contributed by atoms with E-state index in [1.807, 2.05) is 31.2 Å². The molecule has 1 amide bonds. The van der Waals surface area contributed by atoms with E-state index in [-0.39, 0.29) is 12.5 Å². The number of nitrogens with zero attached hydrogens (tertiary/aromatic N) is 2. The zero-order valence-electron chi connectivity index (χ0n) is 14.7. The smallest absolute Gasteiger partial charge is 0.308 e. The number of pyridine rings is 1. The number of hydrogen-bond acceptors (Lipinski definition) is 4. The first kappa shape index (κ1) is 17.9. The summed E-state index contributed by atoms with van der Waals surface area (Å²) in [5.74, 6) is -0.771. The summed E-state index contributed by atoms with van der Waals surface area (Å²) < 4.78 is 5.71. The van der Waals surface area contributed by atoms with Gasteiger partial charge in [-0.3, -0.25) is 14.6 Å². The molecule has 26 heavy (non-hydrogen) atoms. The highest BCUT2D eigenvalue weighted by atomic mass is 16.5. The van der Waals surface area contributed by atoms with Crippen LogP contribution in [0.2, 0.25) is 0 Å². The molecule has 1 fully saturated rings. The number of aromatic nitrogens is 1. The SMILES string of the molecule is Cc1ccc(OCc2cccc(C(=O)N3CCCC(C(=O)O)C3)c2)cn1. The molecule has 1 unspecified atom stereocenters.